The van der Waals surface area contributed by atoms with Crippen LogP contribution >= 0.6 is 0 Å². The van der Waals surface area contributed by atoms with E-state index >= 15 is 0 Å². The molecule has 3 amide bonds. The second kappa shape index (κ2) is 11.3. The van der Waals surface area contributed by atoms with Gasteiger partial charge in [0.2, 0.25) is 17.7 Å². The highest BCUT2D eigenvalue weighted by Crippen LogP contribution is 2.30. The van der Waals surface area contributed by atoms with Crippen molar-refractivity contribution in [3.63, 3.8) is 0 Å². The number of nitrogens with one attached hydrogen (secondary N) is 2. The number of hydrogen-bond donors (Lipinski definition) is 2. The van der Waals surface area contributed by atoms with E-state index in [1.54, 1.807) is 9.80 Å². The lowest BCUT2D eigenvalue weighted by atomic mass is 9.89. The molecule has 4 atom stereocenters. The van der Waals surface area contributed by atoms with Crippen molar-refractivity contribution in [1.29, 1.82) is 0 Å². The van der Waals surface area contributed by atoms with Gasteiger partial charge in [0, 0.05) is 55.0 Å². The number of carbonyl (C=O) groups is 4. The molecule has 3 fully saturated rings. The molecule has 8 heteroatoms. The van der Waals surface area contributed by atoms with E-state index in [9.17, 15) is 19.2 Å². The second-order valence-corrected chi connectivity index (χ2v) is 11.5. The second-order valence-electron chi connectivity index (χ2n) is 11.5. The first kappa shape index (κ1) is 26.3. The molecule has 0 unspecified atom stereocenters. The zero-order valence-electron chi connectivity index (χ0n) is 22.7. The summed E-state index contributed by atoms with van der Waals surface area (Å²) in [5.74, 6) is -1.11. The molecule has 1 aromatic heterocycles. The molecule has 3 saturated heterocycles. The number of benzene rings is 2. The fourth-order valence-corrected chi connectivity index (χ4v) is 6.83. The molecule has 2 N–H and O–H groups in total. The quantitative estimate of drug-likeness (QED) is 0.530. The van der Waals surface area contributed by atoms with Gasteiger partial charge in [0.15, 0.2) is 0 Å². The van der Waals surface area contributed by atoms with Crippen LogP contribution in [0.15, 0.2) is 60.8 Å². The van der Waals surface area contributed by atoms with Crippen molar-refractivity contribution in [3.05, 3.63) is 71.9 Å². The van der Waals surface area contributed by atoms with Crippen molar-refractivity contribution in [2.45, 2.75) is 69.5 Å². The number of fused-ring (bicyclic) bond motifs is 3. The molecule has 208 valence electrons. The Kier molecular flexibility index (Phi) is 7.41. The van der Waals surface area contributed by atoms with Gasteiger partial charge in [-0.2, -0.15) is 0 Å². The highest BCUT2D eigenvalue weighted by molar-refractivity contribution is 5.95. The maximum absolute atomic E-state index is 14.1. The van der Waals surface area contributed by atoms with E-state index in [0.717, 1.165) is 34.9 Å². The minimum absolute atomic E-state index is 0.0518. The van der Waals surface area contributed by atoms with Gasteiger partial charge in [0.1, 0.15) is 17.9 Å². The summed E-state index contributed by atoms with van der Waals surface area (Å²) in [6.07, 6.45) is 5.71. The molecule has 0 bridgehead atoms. The Morgan fingerprint density at radius 3 is 2.25 bits per heavy atom. The molecule has 40 heavy (non-hydrogen) atoms. The molecule has 0 aliphatic carbocycles. The van der Waals surface area contributed by atoms with Crippen LogP contribution in [-0.4, -0.2) is 69.5 Å². The number of nitrogens with zero attached hydrogens (tertiary/aromatic N) is 2. The fourth-order valence-electron chi connectivity index (χ4n) is 6.83. The van der Waals surface area contributed by atoms with Crippen LogP contribution in [0.2, 0.25) is 0 Å². The number of ketones is 1. The van der Waals surface area contributed by atoms with Crippen molar-refractivity contribution in [3.8, 4) is 0 Å². The predicted octanol–water partition coefficient (Wildman–Crippen LogP) is 3.40. The summed E-state index contributed by atoms with van der Waals surface area (Å²) in [5.41, 5.74) is 3.00. The summed E-state index contributed by atoms with van der Waals surface area (Å²) in [4.78, 5) is 61.7. The number of aromatic amines is 1. The summed E-state index contributed by atoms with van der Waals surface area (Å²) >= 11 is 0. The smallest absolute Gasteiger partial charge is 0.246 e. The first-order valence-electron chi connectivity index (χ1n) is 14.5. The topological polar surface area (TPSA) is 103 Å². The number of carbonyl (C=O) groups excluding carboxylic acids is 4. The lowest BCUT2D eigenvalue weighted by Gasteiger charge is -2.32. The van der Waals surface area contributed by atoms with Crippen molar-refractivity contribution in [1.82, 2.24) is 20.1 Å². The number of para-hydroxylation sites is 1. The normalized spacial score (nSPS) is 26.2. The molecule has 0 saturated carbocycles. The predicted molar refractivity (Wildman–Crippen MR) is 151 cm³/mol. The lowest BCUT2D eigenvalue weighted by Crippen LogP contribution is -2.54. The minimum atomic E-state index is -0.581. The Hall–Kier alpha value is -3.94. The summed E-state index contributed by atoms with van der Waals surface area (Å²) < 4.78 is 0. The number of aromatic nitrogens is 1. The maximum atomic E-state index is 14.1. The van der Waals surface area contributed by atoms with E-state index in [-0.39, 0.29) is 36.3 Å². The summed E-state index contributed by atoms with van der Waals surface area (Å²) in [7, 11) is 0. The van der Waals surface area contributed by atoms with Gasteiger partial charge >= 0.3 is 0 Å². The minimum Gasteiger partial charge on any atom is -0.361 e. The number of amides is 3. The van der Waals surface area contributed by atoms with Gasteiger partial charge in [-0.1, -0.05) is 48.5 Å². The van der Waals surface area contributed by atoms with Crippen LogP contribution in [0, 0.1) is 5.92 Å². The number of hydrogen-bond acceptors (Lipinski definition) is 4. The van der Waals surface area contributed by atoms with E-state index in [2.05, 4.69) is 10.3 Å². The van der Waals surface area contributed by atoms with E-state index in [4.69, 9.17) is 0 Å². The molecule has 3 aliphatic heterocycles. The number of H-pyrrole nitrogens is 1. The standard InChI is InChI=1S/C32H36N4O4/c37-25-18-22(17-23-20-33-27-11-5-4-10-26(23)27)31(39)36-15-7-13-29(36)32(40)35-14-6-12-28(35)30(38)34-24(19-25)16-21-8-2-1-3-9-21/h1-5,8-11,20,22,24,28-29,33H,6-7,12-19H2,(H,34,38)/t22-,24+,28+,29+/m1/s1. The van der Waals surface area contributed by atoms with Gasteiger partial charge in [-0.15, -0.1) is 0 Å². The van der Waals surface area contributed by atoms with Gasteiger partial charge in [0.05, 0.1) is 0 Å². The monoisotopic (exact) mass is 540 g/mol. The SMILES string of the molecule is O=C1C[C@H](Cc2ccccc2)NC(=O)[C@@H]2CCCN2C(=O)[C@@H]2CCCN2C(=O)[C@H](Cc2c[nH]c3ccccc23)C1. The van der Waals surface area contributed by atoms with Crippen LogP contribution in [0.5, 0.6) is 0 Å². The molecule has 4 heterocycles. The summed E-state index contributed by atoms with van der Waals surface area (Å²) in [5, 5.41) is 4.16. The zero-order valence-corrected chi connectivity index (χ0v) is 22.7. The largest absolute Gasteiger partial charge is 0.361 e. The van der Waals surface area contributed by atoms with Crippen molar-refractivity contribution in [2.24, 2.45) is 5.92 Å². The molecule has 6 rings (SSSR count). The number of rotatable bonds is 4. The van der Waals surface area contributed by atoms with E-state index in [1.807, 2.05) is 60.8 Å². The van der Waals surface area contributed by atoms with Crippen molar-refractivity contribution >= 4 is 34.4 Å². The van der Waals surface area contributed by atoms with Crippen LogP contribution in [0.3, 0.4) is 0 Å². The molecule has 3 aromatic rings. The van der Waals surface area contributed by atoms with Crippen molar-refractivity contribution < 1.29 is 19.2 Å². The third-order valence-corrected chi connectivity index (χ3v) is 8.77. The zero-order chi connectivity index (χ0) is 27.6. The molecular formula is C32H36N4O4. The molecule has 2 aromatic carbocycles. The summed E-state index contributed by atoms with van der Waals surface area (Å²) in [6, 6.07) is 16.2. The van der Waals surface area contributed by atoms with Gasteiger partial charge in [-0.3, -0.25) is 19.2 Å². The highest BCUT2D eigenvalue weighted by Gasteiger charge is 2.44. The van der Waals surface area contributed by atoms with E-state index in [0.29, 0.717) is 38.8 Å². The Labute approximate surface area is 234 Å². The Balaban J connectivity index is 1.34. The average molecular weight is 541 g/mol. The lowest BCUT2D eigenvalue weighted by molar-refractivity contribution is -0.148. The first-order chi connectivity index (χ1) is 19.5. The van der Waals surface area contributed by atoms with Gasteiger partial charge in [0.25, 0.3) is 0 Å². The van der Waals surface area contributed by atoms with Crippen LogP contribution < -0.4 is 5.32 Å². The Morgan fingerprint density at radius 1 is 0.750 bits per heavy atom. The number of Topliss-reactive ketones (excluding diaryl/α,β-unsaturated/α-hetero) is 1. The van der Waals surface area contributed by atoms with E-state index < -0.39 is 24.0 Å². The molecule has 0 radical (unpaired) electrons. The van der Waals surface area contributed by atoms with Gasteiger partial charge < -0.3 is 20.1 Å². The van der Waals surface area contributed by atoms with Crippen LogP contribution in [0.1, 0.15) is 49.7 Å². The fraction of sp³-hybridized carbons (Fsp3) is 0.438. The van der Waals surface area contributed by atoms with Gasteiger partial charge in [-0.25, -0.2) is 0 Å². The van der Waals surface area contributed by atoms with Gasteiger partial charge in [-0.05, 0) is 55.7 Å². The van der Waals surface area contributed by atoms with E-state index in [1.165, 1.54) is 0 Å². The summed E-state index contributed by atoms with van der Waals surface area (Å²) in [6.45, 7) is 1.01. The Bertz CT molecular complexity index is 1420. The third-order valence-electron chi connectivity index (χ3n) is 8.77. The molecule has 0 spiro atoms. The highest BCUT2D eigenvalue weighted by atomic mass is 16.2. The van der Waals surface area contributed by atoms with Crippen LogP contribution in [-0.2, 0) is 32.0 Å². The van der Waals surface area contributed by atoms with Crippen molar-refractivity contribution in [2.75, 3.05) is 13.1 Å². The first-order valence-corrected chi connectivity index (χ1v) is 14.5. The Morgan fingerprint density at radius 2 is 1.45 bits per heavy atom. The third kappa shape index (κ3) is 5.27. The molecular weight excluding hydrogens is 504 g/mol. The maximum Gasteiger partial charge on any atom is 0.246 e. The molecule has 8 nitrogen and oxygen atoms in total. The molecule has 3 aliphatic rings. The van der Waals surface area contributed by atoms with Crippen LogP contribution in [0.25, 0.3) is 10.9 Å². The average Bonchev–Trinajstić information content (AvgIpc) is 3.72. The van der Waals surface area contributed by atoms with Crippen LogP contribution in [0.4, 0.5) is 0 Å².